The van der Waals surface area contributed by atoms with Crippen molar-refractivity contribution in [1.82, 2.24) is 19.6 Å². The molecule has 0 saturated carbocycles. The van der Waals surface area contributed by atoms with Crippen molar-refractivity contribution in [3.05, 3.63) is 83.0 Å². The highest BCUT2D eigenvalue weighted by Crippen LogP contribution is 2.34. The van der Waals surface area contributed by atoms with Gasteiger partial charge in [0, 0.05) is 17.5 Å². The molecule has 1 aromatic carbocycles. The number of benzene rings is 1. The summed E-state index contributed by atoms with van der Waals surface area (Å²) in [5.74, 6) is 0.557. The SMILES string of the molecule is Cl.Cl.O=C(/C=C\C1=Cc2cnc3cccc(n23)S1)NCC1CCN(CCCc2ccccc2)CC1. The van der Waals surface area contributed by atoms with Gasteiger partial charge in [0.25, 0.3) is 0 Å². The van der Waals surface area contributed by atoms with Gasteiger partial charge in [-0.05, 0) is 81.1 Å². The quantitative estimate of drug-likeness (QED) is 0.382. The number of aryl methyl sites for hydroxylation is 1. The predicted molar refractivity (Wildman–Crippen MR) is 150 cm³/mol. The highest BCUT2D eigenvalue weighted by Gasteiger charge is 2.19. The van der Waals surface area contributed by atoms with Gasteiger partial charge in [0.2, 0.25) is 5.91 Å². The van der Waals surface area contributed by atoms with Crippen LogP contribution in [0.5, 0.6) is 0 Å². The molecule has 5 rings (SSSR count). The molecular formula is C27H32Cl2N4OS. The van der Waals surface area contributed by atoms with Crippen LogP contribution in [-0.4, -0.2) is 46.4 Å². The van der Waals surface area contributed by atoms with E-state index in [2.05, 4.69) is 62.1 Å². The summed E-state index contributed by atoms with van der Waals surface area (Å²) >= 11 is 1.66. The third-order valence-corrected chi connectivity index (χ3v) is 7.50. The molecule has 1 saturated heterocycles. The van der Waals surface area contributed by atoms with E-state index in [9.17, 15) is 4.79 Å². The first-order chi connectivity index (χ1) is 16.2. The standard InChI is InChI=1S/C27H30N4OS.2ClH/c32-26(12-11-24-18-23-20-28-25-9-4-10-27(33-24)31(23)25)29-19-22-13-16-30(17-14-22)15-5-8-21-6-2-1-3-7-21;;/h1-4,6-7,9-12,18,20,22H,5,8,13-17,19H2,(H,29,32);2*1H/b12-11-;;. The maximum atomic E-state index is 12.4. The second kappa shape index (κ2) is 13.2. The van der Waals surface area contributed by atoms with Gasteiger partial charge in [-0.2, -0.15) is 0 Å². The predicted octanol–water partition coefficient (Wildman–Crippen LogP) is 5.64. The molecule has 0 unspecified atom stereocenters. The van der Waals surface area contributed by atoms with E-state index in [-0.39, 0.29) is 30.7 Å². The van der Waals surface area contributed by atoms with Gasteiger partial charge in [0.05, 0.1) is 16.9 Å². The lowest BCUT2D eigenvalue weighted by atomic mass is 9.96. The number of hydrogen-bond acceptors (Lipinski definition) is 4. The molecule has 186 valence electrons. The fourth-order valence-electron chi connectivity index (χ4n) is 4.62. The Kier molecular flexibility index (Phi) is 10.3. The number of imidazole rings is 1. The molecule has 35 heavy (non-hydrogen) atoms. The molecule has 5 nitrogen and oxygen atoms in total. The lowest BCUT2D eigenvalue weighted by molar-refractivity contribution is -0.116. The summed E-state index contributed by atoms with van der Waals surface area (Å²) in [6.07, 6.45) is 12.2. The maximum Gasteiger partial charge on any atom is 0.244 e. The summed E-state index contributed by atoms with van der Waals surface area (Å²) in [5, 5.41) is 4.23. The molecule has 1 N–H and O–H groups in total. The van der Waals surface area contributed by atoms with Crippen molar-refractivity contribution in [2.75, 3.05) is 26.2 Å². The first-order valence-corrected chi connectivity index (χ1v) is 12.6. The highest BCUT2D eigenvalue weighted by molar-refractivity contribution is 8.03. The summed E-state index contributed by atoms with van der Waals surface area (Å²) in [6, 6.07) is 16.8. The Morgan fingerprint density at radius 2 is 1.89 bits per heavy atom. The number of allylic oxidation sites excluding steroid dienone is 1. The summed E-state index contributed by atoms with van der Waals surface area (Å²) in [4.78, 5) is 20.4. The molecule has 3 aromatic rings. The molecule has 0 bridgehead atoms. The van der Waals surface area contributed by atoms with Crippen LogP contribution >= 0.6 is 36.6 Å². The summed E-state index contributed by atoms with van der Waals surface area (Å²) in [6.45, 7) is 4.19. The fraction of sp³-hybridized carbons (Fsp3) is 0.333. The normalized spacial score (nSPS) is 15.9. The van der Waals surface area contributed by atoms with Crippen molar-refractivity contribution < 1.29 is 4.79 Å². The molecule has 8 heteroatoms. The van der Waals surface area contributed by atoms with Crippen LogP contribution < -0.4 is 5.32 Å². The van der Waals surface area contributed by atoms with E-state index in [0.717, 1.165) is 66.7 Å². The smallest absolute Gasteiger partial charge is 0.244 e. The first-order valence-electron chi connectivity index (χ1n) is 11.8. The Bertz CT molecular complexity index is 1170. The van der Waals surface area contributed by atoms with Gasteiger partial charge in [-0.1, -0.05) is 48.2 Å². The topological polar surface area (TPSA) is 49.6 Å². The van der Waals surface area contributed by atoms with Gasteiger partial charge in [-0.15, -0.1) is 24.8 Å². The number of carbonyl (C=O) groups excluding carboxylic acids is 1. The monoisotopic (exact) mass is 530 g/mol. The van der Waals surface area contributed by atoms with Crippen LogP contribution in [-0.2, 0) is 11.2 Å². The maximum absolute atomic E-state index is 12.4. The number of pyridine rings is 1. The lowest BCUT2D eigenvalue weighted by Crippen LogP contribution is -2.38. The van der Waals surface area contributed by atoms with Gasteiger partial charge in [0.15, 0.2) is 0 Å². The lowest BCUT2D eigenvalue weighted by Gasteiger charge is -2.32. The Labute approximate surface area is 223 Å². The Morgan fingerprint density at radius 3 is 2.69 bits per heavy atom. The van der Waals surface area contributed by atoms with Crippen molar-refractivity contribution >= 4 is 54.2 Å². The minimum absolute atomic E-state index is 0. The van der Waals surface area contributed by atoms with Crippen molar-refractivity contribution in [3.8, 4) is 0 Å². The van der Waals surface area contributed by atoms with E-state index in [1.165, 1.54) is 12.0 Å². The molecule has 0 radical (unpaired) electrons. The van der Waals surface area contributed by atoms with Gasteiger partial charge < -0.3 is 10.2 Å². The van der Waals surface area contributed by atoms with Crippen LogP contribution in [0.25, 0.3) is 11.7 Å². The van der Waals surface area contributed by atoms with Crippen molar-refractivity contribution in [2.45, 2.75) is 30.7 Å². The average Bonchev–Trinajstić information content (AvgIpc) is 3.27. The molecular weight excluding hydrogens is 499 g/mol. The number of nitrogens with one attached hydrogen (secondary N) is 1. The number of amides is 1. The second-order valence-electron chi connectivity index (χ2n) is 8.84. The third kappa shape index (κ3) is 7.14. The number of piperidine rings is 1. The zero-order valence-corrected chi connectivity index (χ0v) is 22.1. The molecule has 1 amide bonds. The molecule has 0 spiro atoms. The van der Waals surface area contributed by atoms with Gasteiger partial charge in [0.1, 0.15) is 5.65 Å². The van der Waals surface area contributed by atoms with Crippen molar-refractivity contribution in [3.63, 3.8) is 0 Å². The Morgan fingerprint density at radius 1 is 1.09 bits per heavy atom. The molecule has 2 aliphatic heterocycles. The van der Waals surface area contributed by atoms with Gasteiger partial charge in [-0.3, -0.25) is 9.20 Å². The van der Waals surface area contributed by atoms with Crippen LogP contribution in [0.15, 0.2) is 76.8 Å². The molecule has 2 aromatic heterocycles. The number of aromatic nitrogens is 2. The van der Waals surface area contributed by atoms with Crippen LogP contribution in [0.3, 0.4) is 0 Å². The van der Waals surface area contributed by atoms with Crippen LogP contribution in [0.4, 0.5) is 0 Å². The molecule has 2 aliphatic rings. The average molecular weight is 532 g/mol. The number of halogens is 2. The van der Waals surface area contributed by atoms with Crippen LogP contribution in [0.1, 0.15) is 30.5 Å². The van der Waals surface area contributed by atoms with Crippen molar-refractivity contribution in [1.29, 1.82) is 0 Å². The largest absolute Gasteiger partial charge is 0.352 e. The zero-order chi connectivity index (χ0) is 22.5. The highest BCUT2D eigenvalue weighted by atomic mass is 35.5. The number of hydrogen-bond donors (Lipinski definition) is 1. The summed E-state index contributed by atoms with van der Waals surface area (Å²) in [7, 11) is 0. The second-order valence-corrected chi connectivity index (χ2v) is 9.94. The van der Waals surface area contributed by atoms with Crippen LogP contribution in [0.2, 0.25) is 0 Å². The molecule has 1 fully saturated rings. The number of likely N-dealkylation sites (tertiary alicyclic amines) is 1. The van der Waals surface area contributed by atoms with E-state index in [0.29, 0.717) is 5.92 Å². The minimum atomic E-state index is -0.0147. The molecule has 0 aliphatic carbocycles. The van der Waals surface area contributed by atoms with E-state index in [1.54, 1.807) is 17.8 Å². The Hall–Kier alpha value is -2.25. The number of nitrogens with zero attached hydrogens (tertiary/aromatic N) is 3. The van der Waals surface area contributed by atoms with Crippen LogP contribution in [0, 0.1) is 5.92 Å². The minimum Gasteiger partial charge on any atom is -0.352 e. The van der Waals surface area contributed by atoms with E-state index in [1.807, 2.05) is 24.4 Å². The summed E-state index contributed by atoms with van der Waals surface area (Å²) in [5.41, 5.74) is 3.43. The third-order valence-electron chi connectivity index (χ3n) is 6.49. The van der Waals surface area contributed by atoms with Gasteiger partial charge in [-0.25, -0.2) is 4.98 Å². The fourth-order valence-corrected chi connectivity index (χ4v) is 5.61. The first kappa shape index (κ1) is 27.3. The van der Waals surface area contributed by atoms with E-state index < -0.39 is 0 Å². The van der Waals surface area contributed by atoms with E-state index in [4.69, 9.17) is 0 Å². The number of rotatable bonds is 8. The summed E-state index contributed by atoms with van der Waals surface area (Å²) < 4.78 is 2.14. The number of thioether (sulfide) groups is 1. The zero-order valence-electron chi connectivity index (χ0n) is 19.6. The van der Waals surface area contributed by atoms with Gasteiger partial charge >= 0.3 is 0 Å². The number of carbonyl (C=O) groups is 1. The molecule has 4 heterocycles. The molecule has 0 atom stereocenters. The Balaban J connectivity index is 0.00000171. The van der Waals surface area contributed by atoms with E-state index >= 15 is 0 Å². The van der Waals surface area contributed by atoms with Crippen molar-refractivity contribution in [2.24, 2.45) is 5.92 Å².